The molecule has 0 spiro atoms. The maximum atomic E-state index is 12.7. The molecule has 2 aliphatic rings. The standard InChI is InChI=1S/C20H31N3O/c1-3-17-4-6-18(7-5-17)16(2)14-20(24)23-11-8-19(15-23)22-12-9-21-10-13-22/h4-7,16,19,21H,3,8-15H2,1-2H3. The Balaban J connectivity index is 1.51. The zero-order chi connectivity index (χ0) is 16.9. The van der Waals surface area contributed by atoms with Crippen LogP contribution in [0.1, 0.15) is 43.7 Å². The zero-order valence-corrected chi connectivity index (χ0v) is 15.1. The predicted octanol–water partition coefficient (Wildman–Crippen LogP) is 2.25. The van der Waals surface area contributed by atoms with Gasteiger partial charge in [0.2, 0.25) is 5.91 Å². The second kappa shape index (κ2) is 8.13. The summed E-state index contributed by atoms with van der Waals surface area (Å²) in [5.74, 6) is 0.612. The average Bonchev–Trinajstić information content (AvgIpc) is 3.13. The minimum atomic E-state index is 0.293. The highest BCUT2D eigenvalue weighted by molar-refractivity contribution is 5.77. The number of amides is 1. The van der Waals surface area contributed by atoms with E-state index in [1.54, 1.807) is 0 Å². The van der Waals surface area contributed by atoms with Crippen LogP contribution in [0, 0.1) is 0 Å². The van der Waals surface area contributed by atoms with Crippen LogP contribution in [0.4, 0.5) is 0 Å². The molecule has 132 valence electrons. The number of piperazine rings is 1. The molecule has 2 atom stereocenters. The molecule has 2 aliphatic heterocycles. The highest BCUT2D eigenvalue weighted by Crippen LogP contribution is 2.23. The molecule has 4 heteroatoms. The van der Waals surface area contributed by atoms with Crippen molar-refractivity contribution in [3.63, 3.8) is 0 Å². The molecule has 3 rings (SSSR count). The number of hydrogen-bond acceptors (Lipinski definition) is 3. The van der Waals surface area contributed by atoms with Crippen LogP contribution in [-0.2, 0) is 11.2 Å². The van der Waals surface area contributed by atoms with E-state index in [1.165, 1.54) is 11.1 Å². The predicted molar refractivity (Wildman–Crippen MR) is 98.3 cm³/mol. The van der Waals surface area contributed by atoms with Gasteiger partial charge in [-0.15, -0.1) is 0 Å². The van der Waals surface area contributed by atoms with Crippen LogP contribution in [0.15, 0.2) is 24.3 Å². The van der Waals surface area contributed by atoms with Gasteiger partial charge in [0.15, 0.2) is 0 Å². The van der Waals surface area contributed by atoms with E-state index in [-0.39, 0.29) is 0 Å². The molecule has 1 N–H and O–H groups in total. The number of aryl methyl sites for hydroxylation is 1. The van der Waals surface area contributed by atoms with Crippen LogP contribution in [0.2, 0.25) is 0 Å². The number of benzene rings is 1. The first-order valence-corrected chi connectivity index (χ1v) is 9.48. The van der Waals surface area contributed by atoms with Gasteiger partial charge in [0, 0.05) is 51.7 Å². The SMILES string of the molecule is CCc1ccc(C(C)CC(=O)N2CCC(N3CCNCC3)C2)cc1. The van der Waals surface area contributed by atoms with Crippen molar-refractivity contribution in [3.05, 3.63) is 35.4 Å². The van der Waals surface area contributed by atoms with Crippen LogP contribution < -0.4 is 5.32 Å². The van der Waals surface area contributed by atoms with E-state index in [2.05, 4.69) is 53.2 Å². The lowest BCUT2D eigenvalue weighted by molar-refractivity contribution is -0.130. The van der Waals surface area contributed by atoms with E-state index in [0.29, 0.717) is 24.3 Å². The molecule has 1 amide bonds. The first kappa shape index (κ1) is 17.4. The lowest BCUT2D eigenvalue weighted by Crippen LogP contribution is -2.49. The Bertz CT molecular complexity index is 536. The zero-order valence-electron chi connectivity index (χ0n) is 15.1. The molecule has 2 heterocycles. The lowest BCUT2D eigenvalue weighted by Gasteiger charge is -2.32. The smallest absolute Gasteiger partial charge is 0.223 e. The van der Waals surface area contributed by atoms with Gasteiger partial charge in [-0.05, 0) is 29.9 Å². The van der Waals surface area contributed by atoms with E-state index in [0.717, 1.165) is 52.1 Å². The second-order valence-corrected chi connectivity index (χ2v) is 7.27. The van der Waals surface area contributed by atoms with Crippen LogP contribution in [-0.4, -0.2) is 61.0 Å². The molecular formula is C20H31N3O. The van der Waals surface area contributed by atoms with Gasteiger partial charge in [-0.25, -0.2) is 0 Å². The normalized spacial score (nSPS) is 23.4. The molecule has 0 bridgehead atoms. The molecule has 0 radical (unpaired) electrons. The third-order valence-electron chi connectivity index (χ3n) is 5.62. The summed E-state index contributed by atoms with van der Waals surface area (Å²) >= 11 is 0. The molecule has 2 saturated heterocycles. The van der Waals surface area contributed by atoms with Gasteiger partial charge in [-0.2, -0.15) is 0 Å². The first-order valence-electron chi connectivity index (χ1n) is 9.48. The summed E-state index contributed by atoms with van der Waals surface area (Å²) in [6.45, 7) is 10.6. The van der Waals surface area contributed by atoms with Gasteiger partial charge in [-0.1, -0.05) is 38.1 Å². The monoisotopic (exact) mass is 329 g/mol. The lowest BCUT2D eigenvalue weighted by atomic mass is 9.96. The fraction of sp³-hybridized carbons (Fsp3) is 0.650. The van der Waals surface area contributed by atoms with Gasteiger partial charge in [0.1, 0.15) is 0 Å². The number of carbonyl (C=O) groups is 1. The Morgan fingerprint density at radius 2 is 1.92 bits per heavy atom. The van der Waals surface area contributed by atoms with Crippen LogP contribution in [0.3, 0.4) is 0 Å². The van der Waals surface area contributed by atoms with Crippen LogP contribution >= 0.6 is 0 Å². The Labute approximate surface area is 146 Å². The molecule has 2 unspecified atom stereocenters. The summed E-state index contributed by atoms with van der Waals surface area (Å²) in [5, 5.41) is 3.40. The van der Waals surface area contributed by atoms with E-state index in [4.69, 9.17) is 0 Å². The van der Waals surface area contributed by atoms with Gasteiger partial charge in [-0.3, -0.25) is 9.69 Å². The summed E-state index contributed by atoms with van der Waals surface area (Å²) in [6.07, 6.45) is 2.82. The summed E-state index contributed by atoms with van der Waals surface area (Å²) < 4.78 is 0. The van der Waals surface area contributed by atoms with Crippen molar-refractivity contribution in [1.82, 2.24) is 15.1 Å². The van der Waals surface area contributed by atoms with E-state index in [1.807, 2.05) is 0 Å². The Morgan fingerprint density at radius 3 is 2.58 bits per heavy atom. The number of nitrogens with zero attached hydrogens (tertiary/aromatic N) is 2. The third kappa shape index (κ3) is 4.17. The van der Waals surface area contributed by atoms with Crippen molar-refractivity contribution in [2.45, 2.75) is 45.1 Å². The third-order valence-corrected chi connectivity index (χ3v) is 5.62. The van der Waals surface area contributed by atoms with Gasteiger partial charge in [0.05, 0.1) is 0 Å². The quantitative estimate of drug-likeness (QED) is 0.900. The van der Waals surface area contributed by atoms with E-state index in [9.17, 15) is 4.79 Å². The molecule has 1 aromatic carbocycles. The van der Waals surface area contributed by atoms with Crippen molar-refractivity contribution in [1.29, 1.82) is 0 Å². The minimum absolute atomic E-state index is 0.293. The number of rotatable bonds is 5. The van der Waals surface area contributed by atoms with E-state index >= 15 is 0 Å². The minimum Gasteiger partial charge on any atom is -0.341 e. The molecule has 24 heavy (non-hydrogen) atoms. The average molecular weight is 329 g/mol. The highest BCUT2D eigenvalue weighted by atomic mass is 16.2. The van der Waals surface area contributed by atoms with Crippen LogP contribution in [0.5, 0.6) is 0 Å². The fourth-order valence-electron chi connectivity index (χ4n) is 3.90. The molecule has 2 fully saturated rings. The second-order valence-electron chi connectivity index (χ2n) is 7.27. The molecule has 4 nitrogen and oxygen atoms in total. The topological polar surface area (TPSA) is 35.6 Å². The fourth-order valence-corrected chi connectivity index (χ4v) is 3.90. The highest BCUT2D eigenvalue weighted by Gasteiger charge is 2.31. The maximum absolute atomic E-state index is 12.7. The van der Waals surface area contributed by atoms with Crippen molar-refractivity contribution in [3.8, 4) is 0 Å². The first-order chi connectivity index (χ1) is 11.7. The van der Waals surface area contributed by atoms with E-state index < -0.39 is 0 Å². The summed E-state index contributed by atoms with van der Waals surface area (Å²) in [6, 6.07) is 9.31. The molecule has 0 aliphatic carbocycles. The van der Waals surface area contributed by atoms with Gasteiger partial charge >= 0.3 is 0 Å². The Morgan fingerprint density at radius 1 is 1.21 bits per heavy atom. The van der Waals surface area contributed by atoms with Crippen molar-refractivity contribution >= 4 is 5.91 Å². The number of likely N-dealkylation sites (tertiary alicyclic amines) is 1. The number of nitrogens with one attached hydrogen (secondary N) is 1. The van der Waals surface area contributed by atoms with Crippen molar-refractivity contribution in [2.75, 3.05) is 39.3 Å². The Hall–Kier alpha value is -1.39. The molecule has 0 aromatic heterocycles. The largest absolute Gasteiger partial charge is 0.341 e. The van der Waals surface area contributed by atoms with Gasteiger partial charge < -0.3 is 10.2 Å². The van der Waals surface area contributed by atoms with Crippen LogP contribution in [0.25, 0.3) is 0 Å². The number of carbonyl (C=O) groups excluding carboxylic acids is 1. The molecule has 0 saturated carbocycles. The maximum Gasteiger partial charge on any atom is 0.223 e. The van der Waals surface area contributed by atoms with Crippen molar-refractivity contribution in [2.24, 2.45) is 0 Å². The van der Waals surface area contributed by atoms with Crippen molar-refractivity contribution < 1.29 is 4.79 Å². The summed E-state index contributed by atoms with van der Waals surface area (Å²) in [5.41, 5.74) is 2.63. The summed E-state index contributed by atoms with van der Waals surface area (Å²) in [7, 11) is 0. The Kier molecular flexibility index (Phi) is 5.90. The van der Waals surface area contributed by atoms with Gasteiger partial charge in [0.25, 0.3) is 0 Å². The summed E-state index contributed by atoms with van der Waals surface area (Å²) in [4.78, 5) is 17.3. The molecular weight excluding hydrogens is 298 g/mol. The molecule has 1 aromatic rings. The number of hydrogen-bond donors (Lipinski definition) is 1.